The van der Waals surface area contributed by atoms with Gasteiger partial charge in [0.25, 0.3) is 0 Å². The lowest BCUT2D eigenvalue weighted by Gasteiger charge is -2.32. The second-order valence-electron chi connectivity index (χ2n) is 9.40. The van der Waals surface area contributed by atoms with Crippen LogP contribution in [0.1, 0.15) is 13.3 Å². The molecule has 13 heteroatoms. The minimum Gasteiger partial charge on any atom is -0.495 e. The van der Waals surface area contributed by atoms with Crippen molar-refractivity contribution in [3.8, 4) is 22.6 Å². The van der Waals surface area contributed by atoms with Crippen LogP contribution in [0.25, 0.3) is 27.8 Å². The number of ether oxygens (including phenoxy) is 1. The number of likely N-dealkylation sites (N-methyl/N-ethyl adjacent to an activating group) is 1. The number of hydrogen-bond donors (Lipinski definition) is 1. The quantitative estimate of drug-likeness (QED) is 0.350. The zero-order chi connectivity index (χ0) is 27.7. The first kappa shape index (κ1) is 26.8. The van der Waals surface area contributed by atoms with Gasteiger partial charge >= 0.3 is 0 Å². The van der Waals surface area contributed by atoms with E-state index in [0.29, 0.717) is 40.3 Å². The first-order valence-electron chi connectivity index (χ1n) is 12.5. The summed E-state index contributed by atoms with van der Waals surface area (Å²) in [6.07, 6.45) is 6.59. The van der Waals surface area contributed by atoms with Gasteiger partial charge in [0.1, 0.15) is 22.8 Å². The minimum atomic E-state index is -3.81. The fourth-order valence-electron chi connectivity index (χ4n) is 4.56. The molecule has 0 spiro atoms. The molecule has 1 fully saturated rings. The molecule has 4 aromatic rings. The Labute approximate surface area is 225 Å². The molecule has 10 nitrogen and oxygen atoms in total. The molecule has 39 heavy (non-hydrogen) atoms. The van der Waals surface area contributed by atoms with Crippen molar-refractivity contribution < 1.29 is 21.9 Å². The van der Waals surface area contributed by atoms with Crippen LogP contribution in [0.5, 0.6) is 5.75 Å². The Kier molecular flexibility index (Phi) is 7.36. The summed E-state index contributed by atoms with van der Waals surface area (Å²) < 4.78 is 64.5. The molecule has 0 aliphatic carbocycles. The number of halogens is 2. The van der Waals surface area contributed by atoms with Crippen LogP contribution in [0.4, 0.5) is 20.4 Å². The van der Waals surface area contributed by atoms with Gasteiger partial charge in [0.15, 0.2) is 5.82 Å². The van der Waals surface area contributed by atoms with Crippen LogP contribution < -0.4 is 14.4 Å². The topological polar surface area (TPSA) is 105 Å². The molecule has 1 aromatic carbocycles. The summed E-state index contributed by atoms with van der Waals surface area (Å²) >= 11 is 0. The van der Waals surface area contributed by atoms with Crippen molar-refractivity contribution in [2.75, 3.05) is 55.7 Å². The van der Waals surface area contributed by atoms with E-state index in [1.165, 1.54) is 17.9 Å². The van der Waals surface area contributed by atoms with Gasteiger partial charge in [-0.25, -0.2) is 27.2 Å². The Morgan fingerprint density at radius 1 is 1.10 bits per heavy atom. The minimum absolute atomic E-state index is 0.193. The fourth-order valence-corrected chi connectivity index (χ4v) is 5.69. The average Bonchev–Trinajstić information content (AvgIpc) is 3.29. The van der Waals surface area contributed by atoms with Crippen molar-refractivity contribution >= 4 is 32.7 Å². The standard InChI is InChI=1S/C26H29F2N7O3S/c1-4-11-39(36,37)32-21-6-5-20(27)25(23(21)28)35-16-19(17-12-18(38-3)14-29-13-17)24-22(35)15-30-26(31-24)34-9-7-33(2)8-10-34/h5-6,12-16,32H,4,7-11H2,1-3H3. The predicted octanol–water partition coefficient (Wildman–Crippen LogP) is 3.67. The maximum atomic E-state index is 15.8. The predicted molar refractivity (Wildman–Crippen MR) is 146 cm³/mol. The SMILES string of the molecule is CCCS(=O)(=O)Nc1ccc(F)c(-n2cc(-c3cncc(OC)c3)c3nc(N4CCN(C)CC4)ncc32)c1F. The van der Waals surface area contributed by atoms with Gasteiger partial charge in [-0.3, -0.25) is 9.71 Å². The first-order valence-corrected chi connectivity index (χ1v) is 14.2. The Morgan fingerprint density at radius 2 is 1.87 bits per heavy atom. The number of piperazine rings is 1. The molecule has 0 saturated carbocycles. The van der Waals surface area contributed by atoms with Crippen molar-refractivity contribution in [3.05, 3.63) is 54.6 Å². The average molecular weight is 558 g/mol. The molecular weight excluding hydrogens is 528 g/mol. The summed E-state index contributed by atoms with van der Waals surface area (Å²) in [6, 6.07) is 3.86. The Bertz CT molecular complexity index is 1620. The lowest BCUT2D eigenvalue weighted by molar-refractivity contribution is 0.311. The van der Waals surface area contributed by atoms with Crippen molar-refractivity contribution in [1.82, 2.24) is 24.4 Å². The van der Waals surface area contributed by atoms with Crippen LogP contribution >= 0.6 is 0 Å². The summed E-state index contributed by atoms with van der Waals surface area (Å²) in [4.78, 5) is 17.9. The molecule has 206 valence electrons. The molecule has 1 aliphatic rings. The van der Waals surface area contributed by atoms with E-state index in [1.54, 1.807) is 31.6 Å². The van der Waals surface area contributed by atoms with Gasteiger partial charge in [-0.05, 0) is 31.7 Å². The summed E-state index contributed by atoms with van der Waals surface area (Å²) in [5, 5.41) is 0. The van der Waals surface area contributed by atoms with Crippen LogP contribution in [-0.2, 0) is 10.0 Å². The van der Waals surface area contributed by atoms with Gasteiger partial charge in [0, 0.05) is 49.7 Å². The Hall–Kier alpha value is -3.84. The van der Waals surface area contributed by atoms with E-state index < -0.39 is 27.3 Å². The normalized spacial score (nSPS) is 14.6. The molecule has 0 unspecified atom stereocenters. The lowest BCUT2D eigenvalue weighted by Crippen LogP contribution is -2.45. The van der Waals surface area contributed by atoms with E-state index >= 15 is 8.78 Å². The summed E-state index contributed by atoms with van der Waals surface area (Å²) in [7, 11) is -0.235. The molecule has 1 aliphatic heterocycles. The number of anilines is 2. The molecular formula is C26H29F2N7O3S. The second-order valence-corrected chi connectivity index (χ2v) is 11.2. The summed E-state index contributed by atoms with van der Waals surface area (Å²) in [5.41, 5.74) is 1.20. The second kappa shape index (κ2) is 10.7. The number of fused-ring (bicyclic) bond motifs is 1. The largest absolute Gasteiger partial charge is 0.495 e. The van der Waals surface area contributed by atoms with E-state index in [2.05, 4.69) is 31.5 Å². The Balaban J connectivity index is 1.69. The number of hydrogen-bond acceptors (Lipinski definition) is 8. The molecule has 5 rings (SSSR count). The molecule has 0 atom stereocenters. The van der Waals surface area contributed by atoms with Crippen LogP contribution in [0, 0.1) is 11.6 Å². The zero-order valence-corrected chi connectivity index (χ0v) is 22.7. The molecule has 0 bridgehead atoms. The number of pyridine rings is 1. The number of aromatic nitrogens is 4. The smallest absolute Gasteiger partial charge is 0.232 e. The van der Waals surface area contributed by atoms with Gasteiger partial charge in [-0.2, -0.15) is 0 Å². The molecule has 1 N–H and O–H groups in total. The summed E-state index contributed by atoms with van der Waals surface area (Å²) in [6.45, 7) is 4.88. The maximum absolute atomic E-state index is 15.8. The number of rotatable bonds is 8. The molecule has 0 amide bonds. The van der Waals surface area contributed by atoms with Crippen LogP contribution in [0.3, 0.4) is 0 Å². The first-order chi connectivity index (χ1) is 18.7. The third-order valence-electron chi connectivity index (χ3n) is 6.62. The van der Waals surface area contributed by atoms with Crippen LogP contribution in [0.15, 0.2) is 43.0 Å². The molecule has 1 saturated heterocycles. The Morgan fingerprint density at radius 3 is 2.59 bits per heavy atom. The molecule has 3 aromatic heterocycles. The van der Waals surface area contributed by atoms with Gasteiger partial charge in [-0.1, -0.05) is 6.92 Å². The number of benzene rings is 1. The van der Waals surface area contributed by atoms with Crippen LogP contribution in [-0.4, -0.2) is 78.9 Å². The van der Waals surface area contributed by atoms with E-state index in [4.69, 9.17) is 9.72 Å². The third-order valence-corrected chi connectivity index (χ3v) is 8.10. The monoisotopic (exact) mass is 557 g/mol. The number of nitrogens with zero attached hydrogens (tertiary/aromatic N) is 6. The van der Waals surface area contributed by atoms with E-state index in [0.717, 1.165) is 38.3 Å². The highest BCUT2D eigenvalue weighted by Crippen LogP contribution is 2.36. The van der Waals surface area contributed by atoms with E-state index in [1.807, 2.05) is 0 Å². The van der Waals surface area contributed by atoms with Crippen LogP contribution in [0.2, 0.25) is 0 Å². The fraction of sp³-hybridized carbons (Fsp3) is 0.346. The maximum Gasteiger partial charge on any atom is 0.232 e. The van der Waals surface area contributed by atoms with Gasteiger partial charge in [0.05, 0.1) is 36.5 Å². The van der Waals surface area contributed by atoms with Gasteiger partial charge in [0.2, 0.25) is 16.0 Å². The highest BCUT2D eigenvalue weighted by molar-refractivity contribution is 7.92. The molecule has 0 radical (unpaired) electrons. The van der Waals surface area contributed by atoms with Crippen molar-refractivity contribution in [1.29, 1.82) is 0 Å². The van der Waals surface area contributed by atoms with Crippen molar-refractivity contribution in [2.45, 2.75) is 13.3 Å². The van der Waals surface area contributed by atoms with E-state index in [9.17, 15) is 8.42 Å². The van der Waals surface area contributed by atoms with Crippen molar-refractivity contribution in [3.63, 3.8) is 0 Å². The van der Waals surface area contributed by atoms with E-state index in [-0.39, 0.29) is 11.4 Å². The summed E-state index contributed by atoms with van der Waals surface area (Å²) in [5.74, 6) is -1.10. The highest BCUT2D eigenvalue weighted by atomic mass is 32.2. The zero-order valence-electron chi connectivity index (χ0n) is 21.9. The molecule has 4 heterocycles. The van der Waals surface area contributed by atoms with Crippen molar-refractivity contribution in [2.24, 2.45) is 0 Å². The van der Waals surface area contributed by atoms with Gasteiger partial charge in [-0.15, -0.1) is 0 Å². The number of methoxy groups -OCH3 is 1. The highest BCUT2D eigenvalue weighted by Gasteiger charge is 2.24. The lowest BCUT2D eigenvalue weighted by atomic mass is 10.1. The van der Waals surface area contributed by atoms with Gasteiger partial charge < -0.3 is 19.1 Å². The number of sulfonamides is 1. The third kappa shape index (κ3) is 5.36. The number of nitrogens with one attached hydrogen (secondary N) is 1.